The maximum absolute atomic E-state index is 13.8. The van der Waals surface area contributed by atoms with Crippen molar-refractivity contribution in [3.05, 3.63) is 75.9 Å². The van der Waals surface area contributed by atoms with Crippen molar-refractivity contribution in [2.45, 2.75) is 37.8 Å². The first-order valence-electron chi connectivity index (χ1n) is 11.1. The van der Waals surface area contributed by atoms with E-state index in [0.29, 0.717) is 27.6 Å². The average Bonchev–Trinajstić information content (AvgIpc) is 3.62. The first-order chi connectivity index (χ1) is 16.6. The lowest BCUT2D eigenvalue weighted by Crippen LogP contribution is -2.25. The van der Waals surface area contributed by atoms with Gasteiger partial charge in [-0.3, -0.25) is 18.7 Å². The van der Waals surface area contributed by atoms with E-state index in [9.17, 15) is 4.79 Å². The van der Waals surface area contributed by atoms with Gasteiger partial charge in [0.15, 0.2) is 0 Å². The second kappa shape index (κ2) is 8.03. The summed E-state index contributed by atoms with van der Waals surface area (Å²) in [6.45, 7) is 0.280. The van der Waals surface area contributed by atoms with Crippen molar-refractivity contribution in [1.29, 1.82) is 0 Å². The molecule has 0 bridgehead atoms. The molecule has 4 heterocycles. The lowest BCUT2D eigenvalue weighted by molar-refractivity contribution is -0.0342. The van der Waals surface area contributed by atoms with Gasteiger partial charge in [0.05, 0.1) is 23.3 Å². The minimum atomic E-state index is -0.580. The third kappa shape index (κ3) is 3.23. The summed E-state index contributed by atoms with van der Waals surface area (Å²) < 4.78 is 14.8. The number of benzene rings is 1. The number of pyridine rings is 1. The number of imidazole rings is 1. The standard InChI is InChI=1S/C24H21ClN6O3/c1-33-24(9-3-4-10-24)23-28-21(29-34-23)19-20-22(32)30(13-16-6-2-5-11-26-16)18-12-15(25)7-8-17(18)31(20)14-27-19/h2,5-8,11-12,14H,3-4,9-10,13H2,1H3. The maximum atomic E-state index is 13.8. The van der Waals surface area contributed by atoms with Gasteiger partial charge in [-0.1, -0.05) is 22.8 Å². The molecule has 1 aromatic carbocycles. The molecule has 6 rings (SSSR count). The van der Waals surface area contributed by atoms with Crippen molar-refractivity contribution in [3.63, 3.8) is 0 Å². The number of hydrogen-bond acceptors (Lipinski definition) is 7. The predicted octanol–water partition coefficient (Wildman–Crippen LogP) is 4.21. The van der Waals surface area contributed by atoms with Crippen LogP contribution in [0.4, 0.5) is 0 Å². The van der Waals surface area contributed by atoms with Gasteiger partial charge in [0.25, 0.3) is 11.4 Å². The van der Waals surface area contributed by atoms with E-state index in [0.717, 1.165) is 36.9 Å². The zero-order chi connectivity index (χ0) is 23.3. The maximum Gasteiger partial charge on any atom is 0.278 e. The van der Waals surface area contributed by atoms with Crippen molar-refractivity contribution >= 4 is 28.2 Å². The molecule has 0 radical (unpaired) electrons. The summed E-state index contributed by atoms with van der Waals surface area (Å²) in [6.07, 6.45) is 7.01. The molecule has 1 fully saturated rings. The largest absolute Gasteiger partial charge is 0.368 e. The predicted molar refractivity (Wildman–Crippen MR) is 126 cm³/mol. The molecular weight excluding hydrogens is 456 g/mol. The van der Waals surface area contributed by atoms with Crippen molar-refractivity contribution < 1.29 is 9.26 Å². The van der Waals surface area contributed by atoms with E-state index in [1.807, 2.05) is 24.3 Å². The SMILES string of the molecule is COC1(c2nc(-c3ncn4c3c(=O)n(Cc3ccccn3)c3cc(Cl)ccc34)no2)CCCC1. The smallest absolute Gasteiger partial charge is 0.278 e. The van der Waals surface area contributed by atoms with Crippen LogP contribution in [-0.2, 0) is 16.9 Å². The van der Waals surface area contributed by atoms with Gasteiger partial charge < -0.3 is 9.26 Å². The second-order valence-electron chi connectivity index (χ2n) is 8.49. The Hall–Kier alpha value is -3.56. The van der Waals surface area contributed by atoms with Crippen LogP contribution in [0.15, 0.2) is 58.2 Å². The van der Waals surface area contributed by atoms with Crippen LogP contribution < -0.4 is 5.56 Å². The topological polar surface area (TPSA) is 100 Å². The van der Waals surface area contributed by atoms with E-state index in [4.69, 9.17) is 20.9 Å². The minimum Gasteiger partial charge on any atom is -0.368 e. The summed E-state index contributed by atoms with van der Waals surface area (Å²) in [5, 5.41) is 4.70. The summed E-state index contributed by atoms with van der Waals surface area (Å²) in [4.78, 5) is 27.3. The van der Waals surface area contributed by atoms with Crippen LogP contribution in [0.5, 0.6) is 0 Å². The molecule has 172 valence electrons. The van der Waals surface area contributed by atoms with Gasteiger partial charge in [0, 0.05) is 18.3 Å². The molecule has 4 aromatic heterocycles. The van der Waals surface area contributed by atoms with Crippen LogP contribution in [0.1, 0.15) is 37.3 Å². The van der Waals surface area contributed by atoms with E-state index in [1.165, 1.54) is 0 Å². The van der Waals surface area contributed by atoms with Crippen LogP contribution in [0.2, 0.25) is 5.02 Å². The highest BCUT2D eigenvalue weighted by Crippen LogP contribution is 2.41. The molecule has 0 amide bonds. The molecule has 0 unspecified atom stereocenters. The molecule has 1 aliphatic carbocycles. The summed E-state index contributed by atoms with van der Waals surface area (Å²) in [6, 6.07) is 11.0. The van der Waals surface area contributed by atoms with Gasteiger partial charge in [-0.25, -0.2) is 4.98 Å². The van der Waals surface area contributed by atoms with Crippen LogP contribution in [-0.4, -0.2) is 36.2 Å². The number of aromatic nitrogens is 6. The van der Waals surface area contributed by atoms with Crippen molar-refractivity contribution in [1.82, 2.24) is 29.1 Å². The molecule has 10 heteroatoms. The third-order valence-electron chi connectivity index (χ3n) is 6.58. The van der Waals surface area contributed by atoms with E-state index in [2.05, 4.69) is 20.1 Å². The fourth-order valence-corrected chi connectivity index (χ4v) is 4.99. The number of ether oxygens (including phenoxy) is 1. The van der Waals surface area contributed by atoms with Gasteiger partial charge in [-0.05, 0) is 56.0 Å². The number of hydrogen-bond donors (Lipinski definition) is 0. The zero-order valence-electron chi connectivity index (χ0n) is 18.4. The van der Waals surface area contributed by atoms with Crippen LogP contribution in [0.3, 0.4) is 0 Å². The van der Waals surface area contributed by atoms with E-state index in [-0.39, 0.29) is 17.9 Å². The Balaban J connectivity index is 1.56. The molecule has 9 nitrogen and oxygen atoms in total. The molecule has 0 aliphatic heterocycles. The lowest BCUT2D eigenvalue weighted by Gasteiger charge is -2.21. The van der Waals surface area contributed by atoms with Gasteiger partial charge in [0.2, 0.25) is 5.82 Å². The molecule has 1 saturated carbocycles. The first kappa shape index (κ1) is 21.0. The Labute approximate surface area is 199 Å². The van der Waals surface area contributed by atoms with Crippen molar-refractivity contribution in [2.24, 2.45) is 0 Å². The quantitative estimate of drug-likeness (QED) is 0.374. The fourth-order valence-electron chi connectivity index (χ4n) is 4.82. The Kier molecular flexibility index (Phi) is 4.96. The number of methoxy groups -OCH3 is 1. The zero-order valence-corrected chi connectivity index (χ0v) is 19.2. The number of fused-ring (bicyclic) bond motifs is 3. The third-order valence-corrected chi connectivity index (χ3v) is 6.81. The number of nitrogens with zero attached hydrogens (tertiary/aromatic N) is 6. The Bertz CT molecular complexity index is 1570. The molecule has 34 heavy (non-hydrogen) atoms. The molecule has 5 aromatic rings. The van der Waals surface area contributed by atoms with E-state index in [1.54, 1.807) is 40.7 Å². The summed E-state index contributed by atoms with van der Waals surface area (Å²) in [7, 11) is 1.66. The molecule has 0 atom stereocenters. The van der Waals surface area contributed by atoms with E-state index >= 15 is 0 Å². The minimum absolute atomic E-state index is 0.249. The van der Waals surface area contributed by atoms with E-state index < -0.39 is 5.60 Å². The summed E-state index contributed by atoms with van der Waals surface area (Å²) in [5.41, 5.74) is 2.10. The van der Waals surface area contributed by atoms with Crippen LogP contribution in [0.25, 0.3) is 28.1 Å². The lowest BCUT2D eigenvalue weighted by atomic mass is 10.0. The number of halogens is 1. The molecule has 1 aliphatic rings. The van der Waals surface area contributed by atoms with Crippen molar-refractivity contribution in [2.75, 3.05) is 7.11 Å². The normalized spacial score (nSPS) is 15.5. The van der Waals surface area contributed by atoms with Gasteiger partial charge >= 0.3 is 0 Å². The highest BCUT2D eigenvalue weighted by Gasteiger charge is 2.41. The highest BCUT2D eigenvalue weighted by atomic mass is 35.5. The summed E-state index contributed by atoms with van der Waals surface area (Å²) >= 11 is 6.29. The fraction of sp³-hybridized carbons (Fsp3) is 0.292. The summed E-state index contributed by atoms with van der Waals surface area (Å²) in [5.74, 6) is 0.681. The van der Waals surface area contributed by atoms with Gasteiger partial charge in [0.1, 0.15) is 23.1 Å². The number of rotatable bonds is 5. The van der Waals surface area contributed by atoms with Gasteiger partial charge in [-0.15, -0.1) is 0 Å². The Morgan fingerprint density at radius 3 is 2.76 bits per heavy atom. The average molecular weight is 477 g/mol. The molecular formula is C24H21ClN6O3. The van der Waals surface area contributed by atoms with Crippen LogP contribution in [0, 0.1) is 0 Å². The van der Waals surface area contributed by atoms with Gasteiger partial charge in [-0.2, -0.15) is 4.98 Å². The first-order valence-corrected chi connectivity index (χ1v) is 11.5. The second-order valence-corrected chi connectivity index (χ2v) is 8.92. The Morgan fingerprint density at radius 2 is 2.00 bits per heavy atom. The van der Waals surface area contributed by atoms with Crippen LogP contribution >= 0.6 is 11.6 Å². The highest BCUT2D eigenvalue weighted by molar-refractivity contribution is 6.31. The molecule has 0 N–H and O–H groups in total. The monoisotopic (exact) mass is 476 g/mol. The van der Waals surface area contributed by atoms with Crippen molar-refractivity contribution in [3.8, 4) is 11.5 Å². The molecule has 0 spiro atoms. The molecule has 0 saturated heterocycles. The Morgan fingerprint density at radius 1 is 1.15 bits per heavy atom.